The van der Waals surface area contributed by atoms with E-state index in [0.717, 1.165) is 18.2 Å². The van der Waals surface area contributed by atoms with Crippen molar-refractivity contribution in [2.45, 2.75) is 11.7 Å². The first-order valence-electron chi connectivity index (χ1n) is 6.20. The van der Waals surface area contributed by atoms with Gasteiger partial charge in [-0.1, -0.05) is 11.6 Å². The lowest BCUT2D eigenvalue weighted by molar-refractivity contribution is -0.137. The van der Waals surface area contributed by atoms with Crippen molar-refractivity contribution in [2.75, 3.05) is 7.11 Å². The van der Waals surface area contributed by atoms with E-state index >= 15 is 0 Å². The Balaban J connectivity index is 2.22. The van der Waals surface area contributed by atoms with E-state index in [9.17, 15) is 18.0 Å². The molecule has 122 valence electrons. The van der Waals surface area contributed by atoms with Gasteiger partial charge in [0.05, 0.1) is 30.6 Å². The maximum atomic E-state index is 12.7. The molecular formula is C14H10ClF3N2O3. The highest BCUT2D eigenvalue weighted by Crippen LogP contribution is 2.37. The van der Waals surface area contributed by atoms with Gasteiger partial charge in [0.2, 0.25) is 5.56 Å². The van der Waals surface area contributed by atoms with E-state index in [1.807, 2.05) is 0 Å². The molecular weight excluding hydrogens is 337 g/mol. The molecule has 0 aliphatic rings. The second kappa shape index (κ2) is 6.82. The Hall–Kier alpha value is -2.35. The highest BCUT2D eigenvalue weighted by atomic mass is 35.5. The summed E-state index contributed by atoms with van der Waals surface area (Å²) in [4.78, 5) is 11.9. The van der Waals surface area contributed by atoms with Gasteiger partial charge < -0.3 is 9.47 Å². The maximum Gasteiger partial charge on any atom is 0.416 e. The third kappa shape index (κ3) is 4.10. The minimum Gasteiger partial charge on any atom is -0.496 e. The summed E-state index contributed by atoms with van der Waals surface area (Å²) in [6.07, 6.45) is -2.05. The van der Waals surface area contributed by atoms with Gasteiger partial charge in [0.25, 0.3) is 0 Å². The molecule has 5 nitrogen and oxygen atoms in total. The van der Waals surface area contributed by atoms with Gasteiger partial charge >= 0.3 is 12.1 Å². The minimum absolute atomic E-state index is 0.0949. The van der Waals surface area contributed by atoms with Gasteiger partial charge in [-0.15, -0.1) is 0 Å². The molecule has 0 aliphatic carbocycles. The number of carbonyl (C=O) groups excluding carboxylic acids is 1. The number of halogens is 4. The molecule has 0 saturated carbocycles. The van der Waals surface area contributed by atoms with Gasteiger partial charge in [-0.2, -0.15) is 23.4 Å². The Kier molecular flexibility index (Phi) is 5.05. The van der Waals surface area contributed by atoms with Crippen LogP contribution < -0.4 is 4.74 Å². The number of carbonyl (C=O) groups is 1. The molecule has 0 N–H and O–H groups in total. The van der Waals surface area contributed by atoms with E-state index in [0.29, 0.717) is 0 Å². The van der Waals surface area contributed by atoms with Crippen molar-refractivity contribution in [3.8, 4) is 5.75 Å². The fraction of sp³-hybridized carbons (Fsp3) is 0.214. The lowest BCUT2D eigenvalue weighted by Crippen LogP contribution is -2.11. The molecule has 0 spiro atoms. The number of benzene rings is 1. The van der Waals surface area contributed by atoms with Crippen molar-refractivity contribution in [3.63, 3.8) is 0 Å². The van der Waals surface area contributed by atoms with Gasteiger partial charge in [0.1, 0.15) is 5.75 Å². The van der Waals surface area contributed by atoms with Crippen LogP contribution >= 0.6 is 11.6 Å². The summed E-state index contributed by atoms with van der Waals surface area (Å²) < 4.78 is 47.9. The summed E-state index contributed by atoms with van der Waals surface area (Å²) in [6, 6.07) is 4.07. The van der Waals surface area contributed by atoms with E-state index in [2.05, 4.69) is 10.2 Å². The first-order chi connectivity index (χ1) is 10.8. The van der Waals surface area contributed by atoms with Gasteiger partial charge in [-0.05, 0) is 24.3 Å². The smallest absolute Gasteiger partial charge is 0.416 e. The van der Waals surface area contributed by atoms with Crippen molar-refractivity contribution < 1.29 is 27.4 Å². The predicted octanol–water partition coefficient (Wildman–Crippen LogP) is 3.60. The zero-order valence-electron chi connectivity index (χ0n) is 11.7. The number of ether oxygens (including phenoxy) is 2. The Bertz CT molecular complexity index is 695. The zero-order valence-corrected chi connectivity index (χ0v) is 12.4. The molecule has 0 bridgehead atoms. The Morgan fingerprint density at radius 3 is 2.57 bits per heavy atom. The van der Waals surface area contributed by atoms with Gasteiger partial charge in [0, 0.05) is 5.56 Å². The quantitative estimate of drug-likeness (QED) is 0.625. The minimum atomic E-state index is -4.52. The number of alkyl halides is 4. The second-order valence-electron chi connectivity index (χ2n) is 4.31. The monoisotopic (exact) mass is 346 g/mol. The molecule has 0 saturated heterocycles. The van der Waals surface area contributed by atoms with E-state index in [1.165, 1.54) is 25.6 Å². The molecule has 1 aromatic heterocycles. The first-order valence-corrected chi connectivity index (χ1v) is 6.63. The average Bonchev–Trinajstić information content (AvgIpc) is 2.54. The van der Waals surface area contributed by atoms with E-state index in [1.54, 1.807) is 0 Å². The third-order valence-corrected chi connectivity index (χ3v) is 3.16. The third-order valence-electron chi connectivity index (χ3n) is 2.84. The number of hydrogen-bond acceptors (Lipinski definition) is 5. The highest BCUT2D eigenvalue weighted by Gasteiger charge is 2.32. The SMILES string of the molecule is COc1cc(C(F)(F)F)ccc1C(Cl)OC(=O)c1ccnnc1. The van der Waals surface area contributed by atoms with Gasteiger partial charge in [0.15, 0.2) is 0 Å². The molecule has 1 unspecified atom stereocenters. The Morgan fingerprint density at radius 1 is 1.26 bits per heavy atom. The van der Waals surface area contributed by atoms with Crippen LogP contribution in [-0.2, 0) is 10.9 Å². The van der Waals surface area contributed by atoms with E-state index < -0.39 is 23.3 Å². The van der Waals surface area contributed by atoms with E-state index in [4.69, 9.17) is 21.1 Å². The lowest BCUT2D eigenvalue weighted by Gasteiger charge is -2.16. The number of aromatic nitrogens is 2. The standard InChI is InChI=1S/C14H10ClF3N2O3/c1-22-11-6-9(14(16,17)18)2-3-10(11)12(15)23-13(21)8-4-5-19-20-7-8/h2-7,12H,1H3. The highest BCUT2D eigenvalue weighted by molar-refractivity contribution is 6.20. The molecule has 2 aromatic rings. The van der Waals surface area contributed by atoms with Crippen molar-refractivity contribution in [1.82, 2.24) is 10.2 Å². The van der Waals surface area contributed by atoms with Crippen LogP contribution in [0.5, 0.6) is 5.75 Å². The summed E-state index contributed by atoms with van der Waals surface area (Å²) in [7, 11) is 1.19. The number of hydrogen-bond donors (Lipinski definition) is 0. The summed E-state index contributed by atoms with van der Waals surface area (Å²) in [5.74, 6) is -0.928. The summed E-state index contributed by atoms with van der Waals surface area (Å²) in [5, 5.41) is 7.02. The van der Waals surface area contributed by atoms with Crippen LogP contribution in [0.1, 0.15) is 27.0 Å². The predicted molar refractivity (Wildman–Crippen MR) is 74.0 cm³/mol. The van der Waals surface area contributed by atoms with E-state index in [-0.39, 0.29) is 16.9 Å². The molecule has 1 atom stereocenters. The van der Waals surface area contributed by atoms with Crippen LogP contribution in [0.15, 0.2) is 36.7 Å². The van der Waals surface area contributed by atoms with Crippen LogP contribution in [-0.4, -0.2) is 23.3 Å². The number of nitrogens with zero attached hydrogens (tertiary/aromatic N) is 2. The largest absolute Gasteiger partial charge is 0.496 e. The van der Waals surface area contributed by atoms with Crippen LogP contribution in [0.25, 0.3) is 0 Å². The molecule has 0 fully saturated rings. The lowest BCUT2D eigenvalue weighted by atomic mass is 10.1. The Labute approximate surface area is 134 Å². The number of rotatable bonds is 4. The number of methoxy groups -OCH3 is 1. The molecule has 23 heavy (non-hydrogen) atoms. The van der Waals surface area contributed by atoms with Gasteiger partial charge in [-0.3, -0.25) is 0 Å². The van der Waals surface area contributed by atoms with Crippen molar-refractivity contribution in [1.29, 1.82) is 0 Å². The molecule has 1 aromatic carbocycles. The first kappa shape index (κ1) is 17.0. The van der Waals surface area contributed by atoms with Crippen LogP contribution in [0.2, 0.25) is 0 Å². The molecule has 0 radical (unpaired) electrons. The number of esters is 1. The summed E-state index contributed by atoms with van der Waals surface area (Å²) in [5.41, 5.74) is -2.02. The molecule has 9 heteroatoms. The Morgan fingerprint density at radius 2 is 2.00 bits per heavy atom. The molecule has 0 amide bonds. The molecule has 2 rings (SSSR count). The fourth-order valence-corrected chi connectivity index (χ4v) is 1.97. The summed E-state index contributed by atoms with van der Waals surface area (Å²) in [6.45, 7) is 0. The maximum absolute atomic E-state index is 12.7. The van der Waals surface area contributed by atoms with Crippen molar-refractivity contribution in [2.24, 2.45) is 0 Å². The van der Waals surface area contributed by atoms with Gasteiger partial charge in [-0.25, -0.2) is 4.79 Å². The topological polar surface area (TPSA) is 61.3 Å². The normalized spacial score (nSPS) is 12.6. The molecule has 1 heterocycles. The van der Waals surface area contributed by atoms with Crippen LogP contribution in [0, 0.1) is 0 Å². The van der Waals surface area contributed by atoms with Crippen LogP contribution in [0.3, 0.4) is 0 Å². The van der Waals surface area contributed by atoms with Crippen LogP contribution in [0.4, 0.5) is 13.2 Å². The second-order valence-corrected chi connectivity index (χ2v) is 4.70. The fourth-order valence-electron chi connectivity index (χ4n) is 1.71. The average molecular weight is 347 g/mol. The molecule has 0 aliphatic heterocycles. The zero-order chi connectivity index (χ0) is 17.0. The van der Waals surface area contributed by atoms with Crippen molar-refractivity contribution >= 4 is 17.6 Å². The van der Waals surface area contributed by atoms with Crippen molar-refractivity contribution in [3.05, 3.63) is 53.3 Å². The summed E-state index contributed by atoms with van der Waals surface area (Å²) >= 11 is 5.96.